The first-order valence-corrected chi connectivity index (χ1v) is 4.65. The summed E-state index contributed by atoms with van der Waals surface area (Å²) in [5.41, 5.74) is 1.88. The maximum absolute atomic E-state index is 9.97. The Labute approximate surface area is 78.6 Å². The highest BCUT2D eigenvalue weighted by Gasteiger charge is 2.07. The van der Waals surface area contributed by atoms with Gasteiger partial charge in [-0.2, -0.15) is 4.99 Å². The molecule has 0 aliphatic carbocycles. The molecule has 0 aliphatic rings. The van der Waals surface area contributed by atoms with Crippen molar-refractivity contribution in [3.05, 3.63) is 23.0 Å². The molecule has 0 spiro atoms. The summed E-state index contributed by atoms with van der Waals surface area (Å²) in [6, 6.07) is 0. The Hall–Kier alpha value is -1.45. The Morgan fingerprint density at radius 2 is 2.62 bits per heavy atom. The molecule has 13 heavy (non-hydrogen) atoms. The minimum absolute atomic E-state index is 0.354. The number of carbonyl (C=O) groups excluding carboxylic acids is 1. The number of aryl methyl sites for hydroxylation is 1. The molecule has 0 radical (unpaired) electrons. The molecule has 5 heteroatoms. The lowest BCUT2D eigenvalue weighted by molar-refractivity contribution is 0.562. The van der Waals surface area contributed by atoms with Gasteiger partial charge >= 0.3 is 0 Å². The lowest BCUT2D eigenvalue weighted by Crippen LogP contribution is -1.89. The van der Waals surface area contributed by atoms with Gasteiger partial charge in [-0.3, -0.25) is 4.40 Å². The number of thiazole rings is 1. The predicted molar refractivity (Wildman–Crippen MR) is 49.6 cm³/mol. The second-order valence-corrected chi connectivity index (χ2v) is 3.48. The van der Waals surface area contributed by atoms with Crippen LogP contribution in [0.2, 0.25) is 0 Å². The summed E-state index contributed by atoms with van der Waals surface area (Å²) in [5, 5.41) is 1.95. The standard InChI is InChI=1S/C8H7N3OS/c1-6-7(4-9-5-12)11-2-3-13-8(11)10-6/h2-3H,4H2,1H3. The SMILES string of the molecule is Cc1nc2sccn2c1CN=C=O. The number of nitrogens with zero attached hydrogens (tertiary/aromatic N) is 3. The zero-order valence-electron chi connectivity index (χ0n) is 7.02. The molecule has 0 unspecified atom stereocenters. The van der Waals surface area contributed by atoms with Crippen molar-refractivity contribution < 1.29 is 4.79 Å². The Morgan fingerprint density at radius 3 is 3.38 bits per heavy atom. The lowest BCUT2D eigenvalue weighted by atomic mass is 10.3. The van der Waals surface area contributed by atoms with Crippen molar-refractivity contribution in [2.45, 2.75) is 13.5 Å². The molecule has 0 N–H and O–H groups in total. The minimum atomic E-state index is 0.354. The van der Waals surface area contributed by atoms with Crippen LogP contribution in [0, 0.1) is 6.92 Å². The molecule has 4 nitrogen and oxygen atoms in total. The van der Waals surface area contributed by atoms with Crippen LogP contribution < -0.4 is 0 Å². The Kier molecular flexibility index (Phi) is 1.96. The fourth-order valence-electron chi connectivity index (χ4n) is 1.24. The number of hydrogen-bond acceptors (Lipinski definition) is 4. The Balaban J connectivity index is 2.56. The first-order chi connectivity index (χ1) is 6.33. The van der Waals surface area contributed by atoms with E-state index in [9.17, 15) is 4.79 Å². The van der Waals surface area contributed by atoms with Crippen molar-refractivity contribution in [3.8, 4) is 0 Å². The Bertz CT molecular complexity index is 479. The summed E-state index contributed by atoms with van der Waals surface area (Å²) in [7, 11) is 0. The highest BCUT2D eigenvalue weighted by Crippen LogP contribution is 2.16. The van der Waals surface area contributed by atoms with Crippen molar-refractivity contribution >= 4 is 22.4 Å². The maximum Gasteiger partial charge on any atom is 0.235 e. The summed E-state index contributed by atoms with van der Waals surface area (Å²) in [6.07, 6.45) is 3.45. The molecular weight excluding hydrogens is 186 g/mol. The lowest BCUT2D eigenvalue weighted by Gasteiger charge is -1.92. The third-order valence-corrected chi connectivity index (χ3v) is 2.61. The smallest absolute Gasteiger partial charge is 0.235 e. The molecule has 0 bridgehead atoms. The molecule has 0 aliphatic heterocycles. The molecule has 0 amide bonds. The zero-order chi connectivity index (χ0) is 9.26. The molecule has 0 aromatic carbocycles. The normalized spacial score (nSPS) is 10.2. The van der Waals surface area contributed by atoms with E-state index in [-0.39, 0.29) is 0 Å². The van der Waals surface area contributed by atoms with Crippen molar-refractivity contribution in [2.24, 2.45) is 4.99 Å². The third-order valence-electron chi connectivity index (χ3n) is 1.85. The van der Waals surface area contributed by atoms with Gasteiger partial charge < -0.3 is 0 Å². The highest BCUT2D eigenvalue weighted by atomic mass is 32.1. The highest BCUT2D eigenvalue weighted by molar-refractivity contribution is 7.15. The third kappa shape index (κ3) is 1.28. The number of fused-ring (bicyclic) bond motifs is 1. The van der Waals surface area contributed by atoms with Gasteiger partial charge in [0.25, 0.3) is 0 Å². The van der Waals surface area contributed by atoms with E-state index in [1.807, 2.05) is 22.9 Å². The van der Waals surface area contributed by atoms with Crippen LogP contribution >= 0.6 is 11.3 Å². The fraction of sp³-hybridized carbons (Fsp3) is 0.250. The minimum Gasteiger partial charge on any atom is -0.292 e. The van der Waals surface area contributed by atoms with Crippen molar-refractivity contribution in [1.82, 2.24) is 9.38 Å². The fourth-order valence-corrected chi connectivity index (χ4v) is 2.02. The topological polar surface area (TPSA) is 46.7 Å². The van der Waals surface area contributed by atoms with Crippen LogP contribution in [0.25, 0.3) is 4.96 Å². The van der Waals surface area contributed by atoms with Gasteiger partial charge in [0.15, 0.2) is 4.96 Å². The molecule has 2 heterocycles. The van der Waals surface area contributed by atoms with Crippen LogP contribution in [0.15, 0.2) is 16.6 Å². The van der Waals surface area contributed by atoms with E-state index in [0.29, 0.717) is 6.54 Å². The van der Waals surface area contributed by atoms with Gasteiger partial charge in [-0.1, -0.05) is 0 Å². The van der Waals surface area contributed by atoms with Gasteiger partial charge in [-0.15, -0.1) is 11.3 Å². The van der Waals surface area contributed by atoms with E-state index in [0.717, 1.165) is 16.3 Å². The summed E-state index contributed by atoms with van der Waals surface area (Å²) >= 11 is 1.57. The molecule has 2 aromatic rings. The van der Waals surface area contributed by atoms with E-state index >= 15 is 0 Å². The quantitative estimate of drug-likeness (QED) is 0.536. The van der Waals surface area contributed by atoms with Crippen molar-refractivity contribution in [1.29, 1.82) is 0 Å². The van der Waals surface area contributed by atoms with Crippen LogP contribution in [0.3, 0.4) is 0 Å². The van der Waals surface area contributed by atoms with Crippen LogP contribution in [-0.4, -0.2) is 15.5 Å². The van der Waals surface area contributed by atoms with E-state index in [2.05, 4.69) is 9.98 Å². The van der Waals surface area contributed by atoms with E-state index in [4.69, 9.17) is 0 Å². The van der Waals surface area contributed by atoms with Gasteiger partial charge in [0.1, 0.15) is 0 Å². The number of aromatic nitrogens is 2. The molecule has 0 fully saturated rings. The number of aliphatic imine (C=N–C) groups is 1. The van der Waals surface area contributed by atoms with Crippen molar-refractivity contribution in [3.63, 3.8) is 0 Å². The first kappa shape index (κ1) is 8.16. The summed E-state index contributed by atoms with van der Waals surface area (Å²) in [4.78, 5) is 18.8. The van der Waals surface area contributed by atoms with Gasteiger partial charge in [-0.25, -0.2) is 9.78 Å². The van der Waals surface area contributed by atoms with Gasteiger partial charge in [0.05, 0.1) is 17.9 Å². The van der Waals surface area contributed by atoms with Crippen LogP contribution in [0.1, 0.15) is 11.4 Å². The van der Waals surface area contributed by atoms with Crippen LogP contribution in [0.4, 0.5) is 0 Å². The molecule has 2 rings (SSSR count). The molecule has 0 saturated heterocycles. The van der Waals surface area contributed by atoms with Gasteiger partial charge in [0.2, 0.25) is 6.08 Å². The van der Waals surface area contributed by atoms with Crippen molar-refractivity contribution in [2.75, 3.05) is 0 Å². The monoisotopic (exact) mass is 193 g/mol. The van der Waals surface area contributed by atoms with E-state index in [1.165, 1.54) is 6.08 Å². The Morgan fingerprint density at radius 1 is 1.77 bits per heavy atom. The first-order valence-electron chi connectivity index (χ1n) is 3.77. The predicted octanol–water partition coefficient (Wildman–Crippen LogP) is 1.54. The number of imidazole rings is 1. The number of hydrogen-bond donors (Lipinski definition) is 0. The average Bonchev–Trinajstić information content (AvgIpc) is 2.62. The van der Waals surface area contributed by atoms with Crippen LogP contribution in [0.5, 0.6) is 0 Å². The molecule has 0 saturated carbocycles. The zero-order valence-corrected chi connectivity index (χ0v) is 7.84. The average molecular weight is 193 g/mol. The molecular formula is C8H7N3OS. The molecule has 2 aromatic heterocycles. The second kappa shape index (κ2) is 3.12. The number of isocyanates is 1. The number of rotatable bonds is 2. The van der Waals surface area contributed by atoms with Crippen LogP contribution in [-0.2, 0) is 11.3 Å². The van der Waals surface area contributed by atoms with Gasteiger partial charge in [0, 0.05) is 11.6 Å². The second-order valence-electron chi connectivity index (χ2n) is 2.61. The van der Waals surface area contributed by atoms with Gasteiger partial charge in [-0.05, 0) is 6.92 Å². The maximum atomic E-state index is 9.97. The van der Waals surface area contributed by atoms with E-state index < -0.39 is 0 Å². The van der Waals surface area contributed by atoms with E-state index in [1.54, 1.807) is 11.3 Å². The summed E-state index contributed by atoms with van der Waals surface area (Å²) < 4.78 is 1.95. The molecule has 0 atom stereocenters. The largest absolute Gasteiger partial charge is 0.292 e. The molecule has 66 valence electrons. The summed E-state index contributed by atoms with van der Waals surface area (Å²) in [6.45, 7) is 2.27. The summed E-state index contributed by atoms with van der Waals surface area (Å²) in [5.74, 6) is 0.